The summed E-state index contributed by atoms with van der Waals surface area (Å²) < 4.78 is 5.37. The topological polar surface area (TPSA) is 29.5 Å². The van der Waals surface area contributed by atoms with Gasteiger partial charge in [0.1, 0.15) is 5.75 Å². The lowest BCUT2D eigenvalue weighted by Crippen LogP contribution is -2.36. The predicted molar refractivity (Wildman–Crippen MR) is 72.2 cm³/mol. The number of aryl methyl sites for hydroxylation is 2. The van der Waals surface area contributed by atoms with Crippen LogP contribution in [0.15, 0.2) is 12.1 Å². The van der Waals surface area contributed by atoms with E-state index in [9.17, 15) is 4.79 Å². The minimum absolute atomic E-state index is 0.115. The minimum atomic E-state index is 0.115. The summed E-state index contributed by atoms with van der Waals surface area (Å²) >= 11 is 0. The Bertz CT molecular complexity index is 448. The van der Waals surface area contributed by atoms with Gasteiger partial charge in [-0.3, -0.25) is 4.79 Å². The molecule has 1 amide bonds. The quantitative estimate of drug-likeness (QED) is 0.804. The Kier molecular flexibility index (Phi) is 3.90. The molecule has 0 unspecified atom stereocenters. The maximum absolute atomic E-state index is 12.6. The summed E-state index contributed by atoms with van der Waals surface area (Å²) in [6.07, 6.45) is 3.45. The number of amides is 1. The fraction of sp³-hybridized carbons (Fsp3) is 0.533. The smallest absolute Gasteiger partial charge is 0.257 e. The molecule has 2 rings (SSSR count). The summed E-state index contributed by atoms with van der Waals surface area (Å²) in [5.74, 6) is 0.812. The molecule has 1 aliphatic heterocycles. The molecule has 0 aromatic heterocycles. The van der Waals surface area contributed by atoms with Gasteiger partial charge in [-0.2, -0.15) is 0 Å². The van der Waals surface area contributed by atoms with Gasteiger partial charge < -0.3 is 9.64 Å². The molecule has 98 valence electrons. The van der Waals surface area contributed by atoms with Crippen molar-refractivity contribution in [3.8, 4) is 5.75 Å². The number of hydrogen-bond donors (Lipinski definition) is 0. The van der Waals surface area contributed by atoms with E-state index >= 15 is 0 Å². The number of carbonyl (C=O) groups is 1. The van der Waals surface area contributed by atoms with Gasteiger partial charge in [-0.05, 0) is 50.3 Å². The number of likely N-dealkylation sites (tertiary alicyclic amines) is 1. The monoisotopic (exact) mass is 247 g/mol. The van der Waals surface area contributed by atoms with E-state index in [-0.39, 0.29) is 5.91 Å². The van der Waals surface area contributed by atoms with Crippen LogP contribution in [0.25, 0.3) is 0 Å². The van der Waals surface area contributed by atoms with E-state index in [4.69, 9.17) is 4.74 Å². The van der Waals surface area contributed by atoms with Crippen LogP contribution in [0.3, 0.4) is 0 Å². The third kappa shape index (κ3) is 2.50. The van der Waals surface area contributed by atoms with E-state index < -0.39 is 0 Å². The molecule has 3 nitrogen and oxygen atoms in total. The zero-order valence-electron chi connectivity index (χ0n) is 11.5. The van der Waals surface area contributed by atoms with Crippen LogP contribution in [0, 0.1) is 13.8 Å². The number of rotatable bonds is 2. The highest BCUT2D eigenvalue weighted by Crippen LogP contribution is 2.26. The molecule has 0 atom stereocenters. The van der Waals surface area contributed by atoms with E-state index in [2.05, 4.69) is 0 Å². The highest BCUT2D eigenvalue weighted by atomic mass is 16.5. The Morgan fingerprint density at radius 3 is 2.44 bits per heavy atom. The maximum Gasteiger partial charge on any atom is 0.257 e. The molecule has 0 spiro atoms. The Morgan fingerprint density at radius 1 is 1.17 bits per heavy atom. The summed E-state index contributed by atoms with van der Waals surface area (Å²) in [6.45, 7) is 5.74. The number of nitrogens with zero attached hydrogens (tertiary/aromatic N) is 1. The Hall–Kier alpha value is -1.51. The van der Waals surface area contributed by atoms with Crippen molar-refractivity contribution in [1.29, 1.82) is 0 Å². The van der Waals surface area contributed by atoms with Crippen molar-refractivity contribution in [2.24, 2.45) is 0 Å². The lowest BCUT2D eigenvalue weighted by Gasteiger charge is -2.28. The number of piperidine rings is 1. The normalized spacial score (nSPS) is 15.6. The van der Waals surface area contributed by atoms with Crippen LogP contribution in [-0.4, -0.2) is 31.0 Å². The minimum Gasteiger partial charge on any atom is -0.496 e. The molecule has 0 aliphatic carbocycles. The molecule has 0 saturated carbocycles. The number of hydrogen-bond acceptors (Lipinski definition) is 2. The van der Waals surface area contributed by atoms with Gasteiger partial charge in [0.15, 0.2) is 0 Å². The van der Waals surface area contributed by atoms with Gasteiger partial charge in [0.2, 0.25) is 0 Å². The summed E-state index contributed by atoms with van der Waals surface area (Å²) in [7, 11) is 1.63. The summed E-state index contributed by atoms with van der Waals surface area (Å²) in [5, 5.41) is 0. The van der Waals surface area contributed by atoms with Gasteiger partial charge in [-0.1, -0.05) is 6.07 Å². The van der Waals surface area contributed by atoms with Crippen LogP contribution in [-0.2, 0) is 0 Å². The molecule has 1 heterocycles. The second kappa shape index (κ2) is 5.42. The predicted octanol–water partition coefficient (Wildman–Crippen LogP) is 2.94. The van der Waals surface area contributed by atoms with Crippen molar-refractivity contribution < 1.29 is 9.53 Å². The molecule has 1 fully saturated rings. The number of methoxy groups -OCH3 is 1. The zero-order chi connectivity index (χ0) is 13.1. The van der Waals surface area contributed by atoms with Gasteiger partial charge in [0.25, 0.3) is 5.91 Å². The van der Waals surface area contributed by atoms with Crippen molar-refractivity contribution in [1.82, 2.24) is 4.90 Å². The van der Waals surface area contributed by atoms with Crippen LogP contribution in [0.5, 0.6) is 5.75 Å². The number of ether oxygens (including phenoxy) is 1. The number of carbonyl (C=O) groups excluding carboxylic acids is 1. The highest BCUT2D eigenvalue weighted by Gasteiger charge is 2.23. The second-order valence-electron chi connectivity index (χ2n) is 5.01. The van der Waals surface area contributed by atoms with Crippen LogP contribution < -0.4 is 4.74 Å². The van der Waals surface area contributed by atoms with E-state index in [0.29, 0.717) is 5.75 Å². The third-order valence-electron chi connectivity index (χ3n) is 3.52. The average molecular weight is 247 g/mol. The van der Waals surface area contributed by atoms with Crippen molar-refractivity contribution in [2.75, 3.05) is 20.2 Å². The van der Waals surface area contributed by atoms with Crippen LogP contribution in [0.1, 0.15) is 40.7 Å². The number of benzene rings is 1. The van der Waals surface area contributed by atoms with E-state index in [1.807, 2.05) is 30.9 Å². The van der Waals surface area contributed by atoms with Crippen molar-refractivity contribution in [3.05, 3.63) is 28.8 Å². The summed E-state index contributed by atoms with van der Waals surface area (Å²) in [4.78, 5) is 14.5. The Labute approximate surface area is 109 Å². The lowest BCUT2D eigenvalue weighted by atomic mass is 10.0. The summed E-state index contributed by atoms with van der Waals surface area (Å²) in [6, 6.07) is 3.98. The molecule has 1 aliphatic rings. The lowest BCUT2D eigenvalue weighted by molar-refractivity contribution is 0.0720. The molecule has 0 bridgehead atoms. The fourth-order valence-electron chi connectivity index (χ4n) is 2.62. The molecular formula is C15H21NO2. The highest BCUT2D eigenvalue weighted by molar-refractivity contribution is 5.98. The summed E-state index contributed by atoms with van der Waals surface area (Å²) in [5.41, 5.74) is 2.85. The molecule has 3 heteroatoms. The van der Waals surface area contributed by atoms with Gasteiger partial charge in [0, 0.05) is 13.1 Å². The third-order valence-corrected chi connectivity index (χ3v) is 3.52. The van der Waals surface area contributed by atoms with E-state index in [1.165, 1.54) is 6.42 Å². The molecule has 1 aromatic carbocycles. The van der Waals surface area contributed by atoms with E-state index in [0.717, 1.165) is 42.6 Å². The first kappa shape index (κ1) is 12.9. The van der Waals surface area contributed by atoms with Crippen LogP contribution in [0.4, 0.5) is 0 Å². The van der Waals surface area contributed by atoms with E-state index in [1.54, 1.807) is 7.11 Å². The second-order valence-corrected chi connectivity index (χ2v) is 5.01. The molecule has 1 aromatic rings. The molecule has 0 radical (unpaired) electrons. The van der Waals surface area contributed by atoms with Gasteiger partial charge >= 0.3 is 0 Å². The average Bonchev–Trinajstić information content (AvgIpc) is 2.38. The zero-order valence-corrected chi connectivity index (χ0v) is 11.5. The standard InChI is InChI=1S/C15H21NO2/c1-11-9-12(2)14(13(10-11)18-3)15(17)16-7-5-4-6-8-16/h9-10H,4-8H2,1-3H3. The first-order valence-corrected chi connectivity index (χ1v) is 6.58. The maximum atomic E-state index is 12.6. The molecule has 1 saturated heterocycles. The Balaban J connectivity index is 2.34. The SMILES string of the molecule is COc1cc(C)cc(C)c1C(=O)N1CCCCC1. The molecule has 0 N–H and O–H groups in total. The van der Waals surface area contributed by atoms with Crippen molar-refractivity contribution in [2.45, 2.75) is 33.1 Å². The van der Waals surface area contributed by atoms with Gasteiger partial charge in [-0.15, -0.1) is 0 Å². The largest absolute Gasteiger partial charge is 0.496 e. The van der Waals surface area contributed by atoms with Crippen LogP contribution in [0.2, 0.25) is 0 Å². The van der Waals surface area contributed by atoms with Crippen molar-refractivity contribution in [3.63, 3.8) is 0 Å². The van der Waals surface area contributed by atoms with Crippen LogP contribution >= 0.6 is 0 Å². The molecule has 18 heavy (non-hydrogen) atoms. The first-order chi connectivity index (χ1) is 8.63. The van der Waals surface area contributed by atoms with Crippen molar-refractivity contribution >= 4 is 5.91 Å². The Morgan fingerprint density at radius 2 is 1.83 bits per heavy atom. The van der Waals surface area contributed by atoms with Gasteiger partial charge in [0.05, 0.1) is 12.7 Å². The molecular weight excluding hydrogens is 226 g/mol. The first-order valence-electron chi connectivity index (χ1n) is 6.58. The van der Waals surface area contributed by atoms with Gasteiger partial charge in [-0.25, -0.2) is 0 Å². The fourth-order valence-corrected chi connectivity index (χ4v) is 2.62.